The van der Waals surface area contributed by atoms with Crippen molar-refractivity contribution in [3.8, 4) is 33.6 Å². The predicted molar refractivity (Wildman–Crippen MR) is 236 cm³/mol. The fraction of sp³-hybridized carbons (Fsp3) is 0.216. The van der Waals surface area contributed by atoms with E-state index in [2.05, 4.69) is 186 Å². The summed E-state index contributed by atoms with van der Waals surface area (Å²) in [6, 6.07) is 48.0. The molecule has 0 bridgehead atoms. The van der Waals surface area contributed by atoms with E-state index in [1.165, 1.54) is 78.2 Å². The summed E-state index contributed by atoms with van der Waals surface area (Å²) in [6.45, 7) is 18.5. The number of fused-ring (bicyclic) bond motifs is 7. The molecule has 3 heterocycles. The first-order valence-electron chi connectivity index (χ1n) is 19.9. The number of hydrogen-bond acceptors (Lipinski definition) is 4. The number of hydrogen-bond donors (Lipinski definition) is 0. The van der Waals surface area contributed by atoms with Crippen molar-refractivity contribution in [3.63, 3.8) is 0 Å². The van der Waals surface area contributed by atoms with E-state index in [1.807, 2.05) is 18.5 Å². The van der Waals surface area contributed by atoms with Crippen LogP contribution in [0.1, 0.15) is 77.6 Å². The van der Waals surface area contributed by atoms with Gasteiger partial charge in [0.2, 0.25) is 0 Å². The second-order valence-electron chi connectivity index (χ2n) is 18.4. The number of aromatic nitrogens is 2. The molecule has 0 spiro atoms. The molecule has 1 aromatic heterocycles. The first-order chi connectivity index (χ1) is 26.8. The van der Waals surface area contributed by atoms with E-state index in [1.54, 1.807) is 0 Å². The van der Waals surface area contributed by atoms with Crippen molar-refractivity contribution in [1.29, 1.82) is 0 Å². The zero-order chi connectivity index (χ0) is 38.7. The molecule has 0 radical (unpaired) electrons. The zero-order valence-corrected chi connectivity index (χ0v) is 33.6. The molecule has 274 valence electrons. The Balaban J connectivity index is 1.32. The van der Waals surface area contributed by atoms with E-state index in [-0.39, 0.29) is 23.1 Å². The van der Waals surface area contributed by atoms with Gasteiger partial charge < -0.3 is 9.71 Å². The van der Waals surface area contributed by atoms with E-state index in [9.17, 15) is 0 Å². The highest BCUT2D eigenvalue weighted by Gasteiger charge is 2.45. The van der Waals surface area contributed by atoms with Crippen LogP contribution in [-0.4, -0.2) is 16.8 Å². The molecule has 0 fully saturated rings. The molecule has 56 heavy (non-hydrogen) atoms. The smallest absolute Gasteiger partial charge is 0.328 e. The Labute approximate surface area is 332 Å². The SMILES string of the molecule is CC(C)(C)c1ccc2c(c1)N(c1ccccc1)c1cc(C(C)(C)C)cc3c1N2B(c1ccc2c(c1)-c1ccccc1C2(C)C)c1ccc(-c2ncccn2)cc1-3. The Bertz CT molecular complexity index is 2700. The molecule has 4 nitrogen and oxygen atoms in total. The summed E-state index contributed by atoms with van der Waals surface area (Å²) in [5.74, 6) is 0.734. The maximum absolute atomic E-state index is 4.70. The van der Waals surface area contributed by atoms with Crippen molar-refractivity contribution in [1.82, 2.24) is 9.97 Å². The second-order valence-corrected chi connectivity index (χ2v) is 18.4. The summed E-state index contributed by atoms with van der Waals surface area (Å²) in [5, 5.41) is 0. The normalized spacial score (nSPS) is 14.8. The maximum atomic E-state index is 4.70. The number of nitrogens with zero attached hydrogens (tertiary/aromatic N) is 4. The molecule has 0 unspecified atom stereocenters. The van der Waals surface area contributed by atoms with Gasteiger partial charge in [-0.1, -0.05) is 140 Å². The first kappa shape index (κ1) is 34.5. The largest absolute Gasteiger partial charge is 0.373 e. The van der Waals surface area contributed by atoms with Gasteiger partial charge in [-0.15, -0.1) is 0 Å². The molecule has 0 saturated carbocycles. The van der Waals surface area contributed by atoms with Gasteiger partial charge in [-0.3, -0.25) is 0 Å². The van der Waals surface area contributed by atoms with Gasteiger partial charge in [0.15, 0.2) is 5.82 Å². The van der Waals surface area contributed by atoms with Crippen LogP contribution in [-0.2, 0) is 16.2 Å². The third-order valence-corrected chi connectivity index (χ3v) is 12.4. The summed E-state index contributed by atoms with van der Waals surface area (Å²) in [5.41, 5.74) is 19.9. The average Bonchev–Trinajstić information content (AvgIpc) is 3.42. The molecule has 3 aliphatic rings. The monoisotopic (exact) mass is 726 g/mol. The fourth-order valence-corrected chi connectivity index (χ4v) is 9.42. The minimum Gasteiger partial charge on any atom is -0.373 e. The molecule has 6 aromatic carbocycles. The van der Waals surface area contributed by atoms with Crippen LogP contribution in [0.4, 0.5) is 28.4 Å². The highest BCUT2D eigenvalue weighted by molar-refractivity contribution is 6.91. The van der Waals surface area contributed by atoms with Crippen LogP contribution in [0.15, 0.2) is 140 Å². The van der Waals surface area contributed by atoms with E-state index < -0.39 is 0 Å². The van der Waals surface area contributed by atoms with Gasteiger partial charge >= 0.3 is 6.85 Å². The van der Waals surface area contributed by atoms with Gasteiger partial charge in [0.05, 0.1) is 22.7 Å². The van der Waals surface area contributed by atoms with E-state index in [0.29, 0.717) is 0 Å². The van der Waals surface area contributed by atoms with Crippen molar-refractivity contribution in [3.05, 3.63) is 162 Å². The Morgan fingerprint density at radius 2 is 1.23 bits per heavy atom. The lowest BCUT2D eigenvalue weighted by atomic mass is 9.45. The molecule has 10 rings (SSSR count). The van der Waals surface area contributed by atoms with Gasteiger partial charge in [0.25, 0.3) is 0 Å². The molecule has 0 N–H and O–H groups in total. The standard InChI is InChI=1S/C51H47BN4/c1-49(2,3)33-20-24-44-45(29-33)55(36-15-10-9-11-16-36)46-30-34(50(4,5)6)28-40-39-27-32(48-53-25-14-26-54-48)19-23-43(39)52(56(44)47(40)46)35-21-22-42-38(31-35)37-17-12-13-18-41(37)51(42,7)8/h9-31H,1-8H3. The van der Waals surface area contributed by atoms with E-state index >= 15 is 0 Å². The second kappa shape index (κ2) is 12.0. The lowest BCUT2D eigenvalue weighted by molar-refractivity contribution is 0.590. The van der Waals surface area contributed by atoms with Crippen LogP contribution < -0.4 is 20.6 Å². The van der Waals surface area contributed by atoms with E-state index in [0.717, 1.165) is 17.1 Å². The molecule has 5 heteroatoms. The molecule has 2 aliphatic heterocycles. The molecule has 0 atom stereocenters. The minimum absolute atomic E-state index is 0.0277. The summed E-state index contributed by atoms with van der Waals surface area (Å²) < 4.78 is 0. The topological polar surface area (TPSA) is 32.3 Å². The van der Waals surface area contributed by atoms with Crippen molar-refractivity contribution >= 4 is 46.2 Å². The fourth-order valence-electron chi connectivity index (χ4n) is 9.42. The Morgan fingerprint density at radius 3 is 1.98 bits per heavy atom. The van der Waals surface area contributed by atoms with E-state index in [4.69, 9.17) is 9.97 Å². The summed E-state index contributed by atoms with van der Waals surface area (Å²) in [6.07, 6.45) is 3.66. The lowest BCUT2D eigenvalue weighted by Gasteiger charge is -2.48. The van der Waals surface area contributed by atoms with Gasteiger partial charge in [-0.05, 0) is 104 Å². The number of rotatable bonds is 3. The molecule has 0 saturated heterocycles. The van der Waals surface area contributed by atoms with Crippen molar-refractivity contribution in [2.75, 3.05) is 9.71 Å². The molecule has 0 amide bonds. The highest BCUT2D eigenvalue weighted by atomic mass is 15.3. The number of anilines is 5. The number of benzene rings is 6. The molecular weight excluding hydrogens is 679 g/mol. The third-order valence-electron chi connectivity index (χ3n) is 12.4. The van der Waals surface area contributed by atoms with Crippen LogP contribution in [0.5, 0.6) is 0 Å². The number of para-hydroxylation sites is 1. The van der Waals surface area contributed by atoms with Gasteiger partial charge in [-0.2, -0.15) is 0 Å². The van der Waals surface area contributed by atoms with Crippen LogP contribution in [0, 0.1) is 0 Å². The van der Waals surface area contributed by atoms with Crippen LogP contribution in [0.25, 0.3) is 33.6 Å². The predicted octanol–water partition coefficient (Wildman–Crippen LogP) is 11.8. The van der Waals surface area contributed by atoms with Gasteiger partial charge in [-0.25, -0.2) is 9.97 Å². The molecular formula is C51H47BN4. The lowest BCUT2D eigenvalue weighted by Crippen LogP contribution is -2.58. The van der Waals surface area contributed by atoms with Gasteiger partial charge in [0.1, 0.15) is 0 Å². The van der Waals surface area contributed by atoms with Crippen LogP contribution >= 0.6 is 0 Å². The minimum atomic E-state index is -0.0965. The zero-order valence-electron chi connectivity index (χ0n) is 33.6. The van der Waals surface area contributed by atoms with Crippen LogP contribution in [0.2, 0.25) is 0 Å². The quantitative estimate of drug-likeness (QED) is 0.170. The molecule has 1 aliphatic carbocycles. The van der Waals surface area contributed by atoms with Crippen molar-refractivity contribution in [2.24, 2.45) is 0 Å². The third kappa shape index (κ3) is 5.13. The Hall–Kier alpha value is -5.94. The first-order valence-corrected chi connectivity index (χ1v) is 19.9. The summed E-state index contributed by atoms with van der Waals surface area (Å²) >= 11 is 0. The summed E-state index contributed by atoms with van der Waals surface area (Å²) in [4.78, 5) is 14.6. The maximum Gasteiger partial charge on any atom is 0.328 e. The summed E-state index contributed by atoms with van der Waals surface area (Å²) in [7, 11) is 0. The highest BCUT2D eigenvalue weighted by Crippen LogP contribution is 2.58. The van der Waals surface area contributed by atoms with Crippen LogP contribution in [0.3, 0.4) is 0 Å². The molecule has 7 aromatic rings. The Kier molecular flexibility index (Phi) is 7.42. The average molecular weight is 727 g/mol. The van der Waals surface area contributed by atoms with Crippen molar-refractivity contribution in [2.45, 2.75) is 71.6 Å². The van der Waals surface area contributed by atoms with Gasteiger partial charge in [0, 0.05) is 34.6 Å². The van der Waals surface area contributed by atoms with Crippen molar-refractivity contribution < 1.29 is 0 Å². The Morgan fingerprint density at radius 1 is 0.536 bits per heavy atom.